The highest BCUT2D eigenvalue weighted by atomic mass is 35.5. The zero-order valence-corrected chi connectivity index (χ0v) is 21.6. The molecular weight excluding hydrogens is 505 g/mol. The quantitative estimate of drug-likeness (QED) is 0.391. The Balaban J connectivity index is 1.31. The molecule has 0 radical (unpaired) electrons. The molecule has 1 saturated heterocycles. The maximum Gasteiger partial charge on any atom is 0.412 e. The van der Waals surface area contributed by atoms with E-state index in [1.165, 1.54) is 11.6 Å². The fourth-order valence-corrected chi connectivity index (χ4v) is 5.55. The first-order valence-electron chi connectivity index (χ1n) is 12.6. The Morgan fingerprint density at radius 1 is 1.13 bits per heavy atom. The highest BCUT2D eigenvalue weighted by Crippen LogP contribution is 2.45. The van der Waals surface area contributed by atoms with Crippen molar-refractivity contribution in [2.75, 3.05) is 25.0 Å². The highest BCUT2D eigenvalue weighted by molar-refractivity contribution is 6.31. The average Bonchev–Trinajstić information content (AvgIpc) is 2.93. The fourth-order valence-electron chi connectivity index (χ4n) is 5.39. The number of likely N-dealkylation sites (tertiary alicyclic amines) is 1. The number of carbonyl (C=O) groups excluding carboxylic acids is 2. The van der Waals surface area contributed by atoms with Gasteiger partial charge in [-0.25, -0.2) is 9.18 Å². The molecule has 2 aliphatic heterocycles. The molecule has 196 valence electrons. The third-order valence-electron chi connectivity index (χ3n) is 7.25. The molecule has 2 heterocycles. The number of nitrogens with one attached hydrogen (secondary N) is 2. The summed E-state index contributed by atoms with van der Waals surface area (Å²) in [6.07, 6.45) is 0.997. The van der Waals surface area contributed by atoms with Gasteiger partial charge in [-0.1, -0.05) is 78.8 Å². The number of piperidine rings is 1. The molecule has 0 bridgehead atoms. The Kier molecular flexibility index (Phi) is 7.38. The Labute approximate surface area is 226 Å². The van der Waals surface area contributed by atoms with Crippen LogP contribution in [0.2, 0.25) is 5.02 Å². The van der Waals surface area contributed by atoms with Gasteiger partial charge >= 0.3 is 6.09 Å². The lowest BCUT2D eigenvalue weighted by Gasteiger charge is -2.45. The van der Waals surface area contributed by atoms with Crippen LogP contribution in [0.1, 0.15) is 35.4 Å². The molecule has 3 aromatic rings. The van der Waals surface area contributed by atoms with E-state index in [1.54, 1.807) is 11.0 Å². The number of allylic oxidation sites excluding steroid dienone is 1. The molecule has 0 saturated carbocycles. The Bertz CT molecular complexity index is 1350. The number of hydrogen-bond acceptors (Lipinski definition) is 4. The lowest BCUT2D eigenvalue weighted by atomic mass is 9.83. The van der Waals surface area contributed by atoms with E-state index in [-0.39, 0.29) is 35.5 Å². The summed E-state index contributed by atoms with van der Waals surface area (Å²) in [7, 11) is 0. The molecule has 0 aliphatic carbocycles. The lowest BCUT2D eigenvalue weighted by Crippen LogP contribution is -2.54. The van der Waals surface area contributed by atoms with E-state index in [0.29, 0.717) is 25.1 Å². The number of ether oxygens (including phenoxy) is 1. The van der Waals surface area contributed by atoms with Crippen molar-refractivity contribution in [2.45, 2.75) is 30.8 Å². The van der Waals surface area contributed by atoms with Gasteiger partial charge in [0.15, 0.2) is 11.4 Å². The van der Waals surface area contributed by atoms with Gasteiger partial charge in [-0.2, -0.15) is 0 Å². The molecule has 1 fully saturated rings. The number of anilines is 1. The van der Waals surface area contributed by atoms with Crippen molar-refractivity contribution in [1.82, 2.24) is 10.2 Å². The van der Waals surface area contributed by atoms with Crippen LogP contribution in [-0.2, 0) is 21.6 Å². The van der Waals surface area contributed by atoms with Gasteiger partial charge in [-0.05, 0) is 42.5 Å². The summed E-state index contributed by atoms with van der Waals surface area (Å²) in [5, 5.41) is 5.72. The van der Waals surface area contributed by atoms with Crippen LogP contribution in [0.15, 0.2) is 85.1 Å². The molecule has 2 aliphatic rings. The summed E-state index contributed by atoms with van der Waals surface area (Å²) in [5.41, 5.74) is 2.21. The molecular formula is C30H29ClFN3O3. The highest BCUT2D eigenvalue weighted by Gasteiger charge is 2.48. The van der Waals surface area contributed by atoms with Gasteiger partial charge in [0, 0.05) is 18.2 Å². The molecule has 6 nitrogen and oxygen atoms in total. The van der Waals surface area contributed by atoms with E-state index in [9.17, 15) is 9.59 Å². The van der Waals surface area contributed by atoms with Gasteiger partial charge in [0.1, 0.15) is 0 Å². The molecule has 5 rings (SSSR count). The lowest BCUT2D eigenvalue weighted by molar-refractivity contribution is -0.138. The first-order chi connectivity index (χ1) is 18.4. The van der Waals surface area contributed by atoms with Gasteiger partial charge in [0.2, 0.25) is 5.91 Å². The van der Waals surface area contributed by atoms with Crippen LogP contribution in [0.3, 0.4) is 0 Å². The molecule has 3 aromatic carbocycles. The van der Waals surface area contributed by atoms with Crippen LogP contribution in [0, 0.1) is 5.82 Å². The Hall–Kier alpha value is -3.84. The van der Waals surface area contributed by atoms with E-state index in [0.717, 1.165) is 17.7 Å². The largest absolute Gasteiger partial charge is 0.436 e. The number of halogens is 2. The topological polar surface area (TPSA) is 70.7 Å². The van der Waals surface area contributed by atoms with Gasteiger partial charge < -0.3 is 15.0 Å². The minimum absolute atomic E-state index is 0.0180. The van der Waals surface area contributed by atoms with Gasteiger partial charge in [0.25, 0.3) is 0 Å². The van der Waals surface area contributed by atoms with Crippen molar-refractivity contribution in [3.05, 3.63) is 113 Å². The summed E-state index contributed by atoms with van der Waals surface area (Å²) in [6, 6.07) is 23.2. The minimum Gasteiger partial charge on any atom is -0.436 e. The zero-order valence-electron chi connectivity index (χ0n) is 20.9. The zero-order chi connectivity index (χ0) is 26.7. The van der Waals surface area contributed by atoms with Gasteiger partial charge in [-0.3, -0.25) is 10.1 Å². The molecule has 2 atom stereocenters. The summed E-state index contributed by atoms with van der Waals surface area (Å²) in [5.74, 6) is -0.862. The maximum atomic E-state index is 15.2. The van der Waals surface area contributed by atoms with Crippen LogP contribution in [0.5, 0.6) is 0 Å². The predicted molar refractivity (Wildman–Crippen MR) is 145 cm³/mol. The van der Waals surface area contributed by atoms with E-state index in [2.05, 4.69) is 41.5 Å². The standard InChI is InChI=1S/C30H29ClFN3O3/c1-20(23(22-11-6-3-7-12-22)17-21-9-4-2-5-10-21)33-18-26(36)35-16-8-15-30(19-35)27-25(34-29(37)38-30)14-13-24(31)28(27)32/h2-7,9-14,23,33H,1,8,15-19H2,(H,34,37)/t23?,30-/m0/s1. The van der Waals surface area contributed by atoms with Gasteiger partial charge in [0.05, 0.1) is 29.4 Å². The summed E-state index contributed by atoms with van der Waals surface area (Å²) in [4.78, 5) is 27.3. The molecule has 1 unspecified atom stereocenters. The number of hydrogen-bond donors (Lipinski definition) is 2. The molecule has 0 aromatic heterocycles. The third-order valence-corrected chi connectivity index (χ3v) is 7.55. The van der Waals surface area contributed by atoms with Crippen LogP contribution in [-0.4, -0.2) is 36.5 Å². The monoisotopic (exact) mass is 533 g/mol. The third kappa shape index (κ3) is 5.24. The predicted octanol–water partition coefficient (Wildman–Crippen LogP) is 5.99. The first kappa shape index (κ1) is 25.8. The molecule has 1 spiro atoms. The Morgan fingerprint density at radius 3 is 2.58 bits per heavy atom. The van der Waals surface area contributed by atoms with E-state index >= 15 is 4.39 Å². The minimum atomic E-state index is -1.29. The summed E-state index contributed by atoms with van der Waals surface area (Å²) in [6.45, 7) is 4.80. The Morgan fingerprint density at radius 2 is 1.84 bits per heavy atom. The number of carbonyl (C=O) groups is 2. The first-order valence-corrected chi connectivity index (χ1v) is 13.0. The number of nitrogens with zero attached hydrogens (tertiary/aromatic N) is 1. The van der Waals surface area contributed by atoms with Crippen LogP contribution < -0.4 is 10.6 Å². The number of benzene rings is 3. The van der Waals surface area contributed by atoms with Crippen molar-refractivity contribution < 1.29 is 18.7 Å². The van der Waals surface area contributed by atoms with E-state index in [4.69, 9.17) is 16.3 Å². The van der Waals surface area contributed by atoms with Crippen LogP contribution >= 0.6 is 11.6 Å². The van der Waals surface area contributed by atoms with Crippen molar-refractivity contribution in [1.29, 1.82) is 0 Å². The van der Waals surface area contributed by atoms with E-state index in [1.807, 2.05) is 36.4 Å². The summed E-state index contributed by atoms with van der Waals surface area (Å²) >= 11 is 6.06. The number of rotatable bonds is 7. The smallest absolute Gasteiger partial charge is 0.412 e. The SMILES string of the molecule is C=C(NCC(=O)N1CCC[C@@]2(C1)OC(=O)Nc1ccc(Cl)c(F)c12)C(Cc1ccccc1)c1ccccc1. The normalized spacial score (nSPS) is 19.2. The van der Waals surface area contributed by atoms with Crippen molar-refractivity contribution in [2.24, 2.45) is 0 Å². The number of amides is 2. The van der Waals surface area contributed by atoms with E-state index < -0.39 is 17.5 Å². The van der Waals surface area contributed by atoms with Crippen molar-refractivity contribution in [3.63, 3.8) is 0 Å². The molecule has 2 amide bonds. The number of fused-ring (bicyclic) bond motifs is 2. The van der Waals surface area contributed by atoms with Gasteiger partial charge in [-0.15, -0.1) is 0 Å². The van der Waals surface area contributed by atoms with Crippen molar-refractivity contribution >= 4 is 29.3 Å². The second kappa shape index (κ2) is 10.9. The fraction of sp³-hybridized carbons (Fsp3) is 0.267. The molecule has 8 heteroatoms. The second-order valence-electron chi connectivity index (χ2n) is 9.74. The van der Waals surface area contributed by atoms with Crippen LogP contribution in [0.25, 0.3) is 0 Å². The second-order valence-corrected chi connectivity index (χ2v) is 10.2. The maximum absolute atomic E-state index is 15.2. The molecule has 38 heavy (non-hydrogen) atoms. The van der Waals surface area contributed by atoms with Crippen molar-refractivity contribution in [3.8, 4) is 0 Å². The average molecular weight is 534 g/mol. The summed E-state index contributed by atoms with van der Waals surface area (Å²) < 4.78 is 20.8. The molecule has 2 N–H and O–H groups in total. The van der Waals surface area contributed by atoms with Crippen LogP contribution in [0.4, 0.5) is 14.9 Å².